The maximum atomic E-state index is 5.98. The van der Waals surface area contributed by atoms with Crippen LogP contribution in [-0.2, 0) is 0 Å². The van der Waals surface area contributed by atoms with Gasteiger partial charge in [0.25, 0.3) is 0 Å². The Balaban J connectivity index is 2.94. The Hall–Kier alpha value is -0.380. The molecule has 72 valence electrons. The number of hydrogen-bond donors (Lipinski definition) is 0. The number of benzene rings is 1. The normalized spacial score (nSPS) is 10.9. The molecule has 0 fully saturated rings. The molecule has 2 rings (SSSR count). The summed E-state index contributed by atoms with van der Waals surface area (Å²) in [6.45, 7) is 1.80. The van der Waals surface area contributed by atoms with Crippen molar-refractivity contribution in [1.29, 1.82) is 0 Å². The minimum atomic E-state index is 0.427. The highest BCUT2D eigenvalue weighted by Crippen LogP contribution is 2.30. The molecule has 0 amide bonds. The van der Waals surface area contributed by atoms with Crippen LogP contribution in [0.5, 0.6) is 0 Å². The number of aryl methyl sites for hydroxylation is 1. The quantitative estimate of drug-likeness (QED) is 0.686. The predicted molar refractivity (Wildman–Crippen MR) is 62.0 cm³/mol. The Kier molecular flexibility index (Phi) is 2.64. The first-order valence-electron chi connectivity index (χ1n) is 3.87. The number of rotatable bonds is 0. The average Bonchev–Trinajstić information content (AvgIpc) is 2.07. The second kappa shape index (κ2) is 3.65. The van der Waals surface area contributed by atoms with Crippen LogP contribution in [0.2, 0.25) is 10.2 Å². The summed E-state index contributed by atoms with van der Waals surface area (Å²) in [5, 5.41) is 1.80. The largest absolute Gasteiger partial charge is 0.232 e. The van der Waals surface area contributed by atoms with Crippen molar-refractivity contribution in [3.63, 3.8) is 0 Å². The van der Waals surface area contributed by atoms with Crippen molar-refractivity contribution in [3.05, 3.63) is 32.6 Å². The van der Waals surface area contributed by atoms with Gasteiger partial charge in [-0.3, -0.25) is 0 Å². The highest BCUT2D eigenvalue weighted by Gasteiger charge is 2.07. The van der Waals surface area contributed by atoms with Crippen molar-refractivity contribution >= 4 is 50.0 Å². The lowest BCUT2D eigenvalue weighted by Gasteiger charge is -2.03. The molecule has 1 aromatic carbocycles. The summed E-state index contributed by atoms with van der Waals surface area (Å²) in [6, 6.07) is 3.54. The van der Waals surface area contributed by atoms with Crippen LogP contribution in [0.1, 0.15) is 5.82 Å². The molecule has 0 saturated heterocycles. The molecule has 5 heteroatoms. The summed E-state index contributed by atoms with van der Waals surface area (Å²) in [5.74, 6) is 0.644. The number of nitrogens with zero attached hydrogens (tertiary/aromatic N) is 2. The van der Waals surface area contributed by atoms with Crippen LogP contribution in [0.15, 0.2) is 16.6 Å². The Morgan fingerprint density at radius 3 is 2.64 bits per heavy atom. The lowest BCUT2D eigenvalue weighted by Crippen LogP contribution is -1.91. The van der Waals surface area contributed by atoms with Gasteiger partial charge in [0.1, 0.15) is 11.0 Å². The Bertz CT molecular complexity index is 466. The Morgan fingerprint density at radius 1 is 1.21 bits per heavy atom. The smallest absolute Gasteiger partial charge is 0.140 e. The van der Waals surface area contributed by atoms with Gasteiger partial charge in [-0.25, -0.2) is 9.97 Å². The fourth-order valence-corrected chi connectivity index (χ4v) is 2.39. The molecular weight excluding hydrogens is 287 g/mol. The third-order valence-electron chi connectivity index (χ3n) is 1.78. The first kappa shape index (κ1) is 10.1. The molecule has 0 aliphatic carbocycles. The van der Waals surface area contributed by atoms with Gasteiger partial charge in [-0.1, -0.05) is 23.2 Å². The Morgan fingerprint density at radius 2 is 1.93 bits per heavy atom. The van der Waals surface area contributed by atoms with Gasteiger partial charge in [0.15, 0.2) is 0 Å². The highest BCUT2D eigenvalue weighted by molar-refractivity contribution is 9.10. The molecule has 0 atom stereocenters. The van der Waals surface area contributed by atoms with E-state index in [2.05, 4.69) is 25.9 Å². The standard InChI is InChI=1S/C9H5BrCl2N2/c1-4-13-8-6(9(12)14-4)2-5(11)3-7(8)10/h2-3H,1H3. The van der Waals surface area contributed by atoms with Gasteiger partial charge in [0.05, 0.1) is 5.52 Å². The van der Waals surface area contributed by atoms with Crippen LogP contribution >= 0.6 is 39.1 Å². The van der Waals surface area contributed by atoms with E-state index >= 15 is 0 Å². The maximum Gasteiger partial charge on any atom is 0.140 e. The minimum absolute atomic E-state index is 0.427. The molecule has 0 radical (unpaired) electrons. The summed E-state index contributed by atoms with van der Waals surface area (Å²) in [6.07, 6.45) is 0. The summed E-state index contributed by atoms with van der Waals surface area (Å²) >= 11 is 15.2. The van der Waals surface area contributed by atoms with E-state index in [9.17, 15) is 0 Å². The van der Waals surface area contributed by atoms with E-state index in [-0.39, 0.29) is 0 Å². The zero-order chi connectivity index (χ0) is 10.3. The molecule has 2 aromatic rings. The third-order valence-corrected chi connectivity index (χ3v) is 2.89. The van der Waals surface area contributed by atoms with Crippen molar-refractivity contribution < 1.29 is 0 Å². The van der Waals surface area contributed by atoms with Crippen molar-refractivity contribution in [2.75, 3.05) is 0 Å². The zero-order valence-electron chi connectivity index (χ0n) is 7.18. The average molecular weight is 292 g/mol. The fraction of sp³-hybridized carbons (Fsp3) is 0.111. The molecule has 0 spiro atoms. The van der Waals surface area contributed by atoms with E-state index in [4.69, 9.17) is 23.2 Å². The molecule has 14 heavy (non-hydrogen) atoms. The van der Waals surface area contributed by atoms with Gasteiger partial charge < -0.3 is 0 Å². The monoisotopic (exact) mass is 290 g/mol. The van der Waals surface area contributed by atoms with Gasteiger partial charge in [-0.15, -0.1) is 0 Å². The van der Waals surface area contributed by atoms with E-state index < -0.39 is 0 Å². The molecule has 1 aromatic heterocycles. The van der Waals surface area contributed by atoms with E-state index in [0.717, 1.165) is 15.4 Å². The zero-order valence-corrected chi connectivity index (χ0v) is 10.3. The summed E-state index contributed by atoms with van der Waals surface area (Å²) in [4.78, 5) is 8.33. The van der Waals surface area contributed by atoms with E-state index in [1.165, 1.54) is 0 Å². The summed E-state index contributed by atoms with van der Waals surface area (Å²) in [5.41, 5.74) is 0.784. The molecule has 0 aliphatic rings. The molecular formula is C9H5BrCl2N2. The second-order valence-electron chi connectivity index (χ2n) is 2.85. The van der Waals surface area contributed by atoms with Gasteiger partial charge in [0.2, 0.25) is 0 Å². The summed E-state index contributed by atoms with van der Waals surface area (Å²) in [7, 11) is 0. The number of hydrogen-bond acceptors (Lipinski definition) is 2. The highest BCUT2D eigenvalue weighted by atomic mass is 79.9. The van der Waals surface area contributed by atoms with Crippen LogP contribution < -0.4 is 0 Å². The van der Waals surface area contributed by atoms with Crippen molar-refractivity contribution in [3.8, 4) is 0 Å². The SMILES string of the molecule is Cc1nc(Cl)c2cc(Cl)cc(Br)c2n1. The molecule has 0 unspecified atom stereocenters. The maximum absolute atomic E-state index is 5.98. The second-order valence-corrected chi connectivity index (χ2v) is 4.49. The van der Waals surface area contributed by atoms with Crippen LogP contribution in [0.25, 0.3) is 10.9 Å². The predicted octanol–water partition coefficient (Wildman–Crippen LogP) is 4.01. The first-order valence-corrected chi connectivity index (χ1v) is 5.42. The van der Waals surface area contributed by atoms with Crippen LogP contribution in [-0.4, -0.2) is 9.97 Å². The molecule has 0 saturated carbocycles. The van der Waals surface area contributed by atoms with Crippen molar-refractivity contribution in [2.24, 2.45) is 0 Å². The fourth-order valence-electron chi connectivity index (χ4n) is 1.23. The third kappa shape index (κ3) is 1.72. The lowest BCUT2D eigenvalue weighted by molar-refractivity contribution is 1.09. The van der Waals surface area contributed by atoms with Gasteiger partial charge in [-0.05, 0) is 35.0 Å². The summed E-state index contributed by atoms with van der Waals surface area (Å²) < 4.78 is 0.826. The van der Waals surface area contributed by atoms with Crippen LogP contribution in [0.3, 0.4) is 0 Å². The van der Waals surface area contributed by atoms with Gasteiger partial charge in [0, 0.05) is 14.9 Å². The minimum Gasteiger partial charge on any atom is -0.232 e. The van der Waals surface area contributed by atoms with Gasteiger partial charge >= 0.3 is 0 Å². The van der Waals surface area contributed by atoms with Crippen LogP contribution in [0, 0.1) is 6.92 Å². The van der Waals surface area contributed by atoms with Crippen LogP contribution in [0.4, 0.5) is 0 Å². The topological polar surface area (TPSA) is 25.8 Å². The molecule has 0 bridgehead atoms. The first-order chi connectivity index (χ1) is 6.58. The number of halogens is 3. The number of fused-ring (bicyclic) bond motifs is 1. The molecule has 0 N–H and O–H groups in total. The number of aromatic nitrogens is 2. The van der Waals surface area contributed by atoms with Crippen molar-refractivity contribution in [1.82, 2.24) is 9.97 Å². The molecule has 2 nitrogen and oxygen atoms in total. The molecule has 1 heterocycles. The Labute approximate surface area is 99.4 Å². The van der Waals surface area contributed by atoms with E-state index in [1.54, 1.807) is 19.1 Å². The van der Waals surface area contributed by atoms with Gasteiger partial charge in [-0.2, -0.15) is 0 Å². The van der Waals surface area contributed by atoms with Crippen molar-refractivity contribution in [2.45, 2.75) is 6.92 Å². The van der Waals surface area contributed by atoms with E-state index in [0.29, 0.717) is 16.0 Å². The lowest BCUT2D eigenvalue weighted by atomic mass is 10.2. The van der Waals surface area contributed by atoms with E-state index in [1.807, 2.05) is 0 Å². The molecule has 0 aliphatic heterocycles.